The first-order chi connectivity index (χ1) is 11.5. The van der Waals surface area contributed by atoms with Crippen molar-refractivity contribution in [3.05, 3.63) is 17.5 Å². The maximum Gasteiger partial charge on any atom is 0.374 e. The number of piperazine rings is 1. The Morgan fingerprint density at radius 2 is 1.88 bits per heavy atom. The molecular weight excluding hydrogens is 330 g/mol. The normalized spacial score (nSPS) is 29.8. The molecule has 0 unspecified atom stereocenters. The van der Waals surface area contributed by atoms with Crippen LogP contribution in [-0.4, -0.2) is 67.1 Å². The first kappa shape index (κ1) is 17.4. The van der Waals surface area contributed by atoms with Crippen LogP contribution in [0.15, 0.2) is 17.3 Å². The molecule has 0 radical (unpaired) electrons. The standard InChI is InChI=1S/C16H23N3O4S/c20-16(21)14-5-1-2-6-15(14)18-8-10-19(11-9-18)24(22,23)13-4-3-7-17-12-13/h3,7,12,14-15H,1-2,4-6,8-11H2/p+1/t14-,15-/m1/s1. The number of aliphatic carboxylic acids is 1. The van der Waals surface area contributed by atoms with Crippen LogP contribution in [0.25, 0.3) is 0 Å². The number of allylic oxidation sites excluding steroid dienone is 1. The van der Waals surface area contributed by atoms with Gasteiger partial charge in [0.05, 0.1) is 5.92 Å². The van der Waals surface area contributed by atoms with Crippen LogP contribution in [0, 0.1) is 11.2 Å². The minimum atomic E-state index is -3.46. The van der Waals surface area contributed by atoms with Crippen molar-refractivity contribution in [3.63, 3.8) is 0 Å². The second-order valence-electron chi connectivity index (χ2n) is 6.57. The first-order valence-corrected chi connectivity index (χ1v) is 9.95. The fourth-order valence-corrected chi connectivity index (χ4v) is 5.33. The summed E-state index contributed by atoms with van der Waals surface area (Å²) in [5.74, 6) is -1.05. The van der Waals surface area contributed by atoms with Crippen molar-refractivity contribution in [3.8, 4) is 0 Å². The van der Waals surface area contributed by atoms with Crippen molar-refractivity contribution >= 4 is 22.2 Å². The highest BCUT2D eigenvalue weighted by atomic mass is 32.2. The van der Waals surface area contributed by atoms with Gasteiger partial charge < -0.3 is 5.11 Å². The average Bonchev–Trinajstić information content (AvgIpc) is 2.62. The Labute approximate surface area is 143 Å². The highest BCUT2D eigenvalue weighted by molar-refractivity contribution is 7.92. The molecule has 0 bridgehead atoms. The van der Waals surface area contributed by atoms with E-state index in [1.807, 2.05) is 0 Å². The van der Waals surface area contributed by atoms with Crippen LogP contribution < -0.4 is 0 Å². The zero-order valence-electron chi connectivity index (χ0n) is 13.7. The van der Waals surface area contributed by atoms with Gasteiger partial charge in [0.1, 0.15) is 6.42 Å². The topological polar surface area (TPSA) is 90.3 Å². The molecule has 0 aromatic heterocycles. The number of nitrogens with zero attached hydrogens (tertiary/aromatic N) is 3. The lowest BCUT2D eigenvalue weighted by Crippen LogP contribution is -2.55. The van der Waals surface area contributed by atoms with E-state index in [0.717, 1.165) is 25.7 Å². The summed E-state index contributed by atoms with van der Waals surface area (Å²) in [5.41, 5.74) is 0. The highest BCUT2D eigenvalue weighted by Crippen LogP contribution is 2.30. The molecule has 1 saturated carbocycles. The second kappa shape index (κ2) is 7.25. The van der Waals surface area contributed by atoms with Gasteiger partial charge in [0.2, 0.25) is 6.21 Å². The van der Waals surface area contributed by atoms with Crippen molar-refractivity contribution in [2.45, 2.75) is 38.1 Å². The molecule has 3 aliphatic rings. The number of rotatable bonds is 4. The predicted octanol–water partition coefficient (Wildman–Crippen LogP) is 1.10. The van der Waals surface area contributed by atoms with Crippen LogP contribution in [0.1, 0.15) is 32.1 Å². The molecule has 7 nitrogen and oxygen atoms in total. The van der Waals surface area contributed by atoms with Crippen molar-refractivity contribution in [1.29, 1.82) is 0 Å². The minimum absolute atomic E-state index is 0.0351. The monoisotopic (exact) mass is 354 g/mol. The zero-order valence-corrected chi connectivity index (χ0v) is 14.5. The Bertz CT molecular complexity index is 623. The molecule has 0 spiro atoms. The number of hydrogen-bond donors (Lipinski definition) is 1. The van der Waals surface area contributed by atoms with E-state index in [-0.39, 0.29) is 12.0 Å². The Hall–Kier alpha value is -1.38. The smallest absolute Gasteiger partial charge is 0.374 e. The Morgan fingerprint density at radius 3 is 2.50 bits per heavy atom. The lowest BCUT2D eigenvalue weighted by Gasteiger charge is -2.42. The molecule has 0 aromatic carbocycles. The molecule has 1 aliphatic carbocycles. The molecule has 8 heteroatoms. The Morgan fingerprint density at radius 1 is 1.17 bits per heavy atom. The average molecular weight is 354 g/mol. The van der Waals surface area contributed by atoms with Crippen LogP contribution in [-0.2, 0) is 14.8 Å². The first-order valence-electron chi connectivity index (χ1n) is 8.51. The molecule has 1 saturated heterocycles. The third kappa shape index (κ3) is 3.50. The molecule has 24 heavy (non-hydrogen) atoms. The third-order valence-electron chi connectivity index (χ3n) is 5.19. The Kier molecular flexibility index (Phi) is 5.27. The summed E-state index contributed by atoms with van der Waals surface area (Å²) in [6, 6.07) is 0.0351. The van der Waals surface area contributed by atoms with Gasteiger partial charge in [-0.2, -0.15) is 12.7 Å². The van der Waals surface area contributed by atoms with Gasteiger partial charge in [0.15, 0.2) is 0 Å². The number of aliphatic imine (C=N–C) groups is 1. The minimum Gasteiger partial charge on any atom is -0.481 e. The molecule has 2 heterocycles. The molecule has 1 N–H and O–H groups in total. The lowest BCUT2D eigenvalue weighted by atomic mass is 9.83. The molecule has 2 fully saturated rings. The maximum atomic E-state index is 12.6. The summed E-state index contributed by atoms with van der Waals surface area (Å²) in [4.78, 5) is 17.6. The van der Waals surface area contributed by atoms with Gasteiger partial charge >= 0.3 is 16.0 Å². The summed E-state index contributed by atoms with van der Waals surface area (Å²) in [5, 5.41) is 9.77. The number of carboxylic acid groups (broad SMARTS) is 1. The Balaban J connectivity index is 1.62. The molecule has 2 atom stereocenters. The lowest BCUT2D eigenvalue weighted by molar-refractivity contribution is -0.146. The van der Waals surface area contributed by atoms with Crippen LogP contribution in [0.3, 0.4) is 0 Å². The summed E-state index contributed by atoms with van der Waals surface area (Å²) >= 11 is 0. The maximum absolute atomic E-state index is 12.6. The summed E-state index contributed by atoms with van der Waals surface area (Å²) < 4.78 is 26.8. The molecule has 0 amide bonds. The van der Waals surface area contributed by atoms with Gasteiger partial charge in [-0.25, -0.2) is 4.99 Å². The van der Waals surface area contributed by atoms with Crippen LogP contribution in [0.2, 0.25) is 0 Å². The summed E-state index contributed by atoms with van der Waals surface area (Å²) in [6.07, 6.45) is 8.77. The van der Waals surface area contributed by atoms with E-state index in [2.05, 4.69) is 9.89 Å². The fraction of sp³-hybridized carbons (Fsp3) is 0.688. The summed E-state index contributed by atoms with van der Waals surface area (Å²) in [6.45, 7) is 2.00. The van der Waals surface area contributed by atoms with Gasteiger partial charge in [0.25, 0.3) is 5.25 Å². The van der Waals surface area contributed by atoms with E-state index in [9.17, 15) is 18.3 Å². The van der Waals surface area contributed by atoms with Crippen molar-refractivity contribution in [1.82, 2.24) is 9.21 Å². The second-order valence-corrected chi connectivity index (χ2v) is 8.56. The molecule has 0 aromatic rings. The highest BCUT2D eigenvalue weighted by Gasteiger charge is 2.44. The molecule has 132 valence electrons. The largest absolute Gasteiger partial charge is 0.481 e. The van der Waals surface area contributed by atoms with Crippen molar-refractivity contribution < 1.29 is 18.3 Å². The van der Waals surface area contributed by atoms with Crippen LogP contribution in [0.4, 0.5) is 0 Å². The van der Waals surface area contributed by atoms with Crippen molar-refractivity contribution in [2.24, 2.45) is 10.9 Å². The fourth-order valence-electron chi connectivity index (χ4n) is 3.86. The molecule has 3 rings (SSSR count). The van der Waals surface area contributed by atoms with E-state index in [4.69, 9.17) is 0 Å². The van der Waals surface area contributed by atoms with E-state index in [1.54, 1.807) is 12.3 Å². The third-order valence-corrected chi connectivity index (χ3v) is 7.17. The van der Waals surface area contributed by atoms with Gasteiger partial charge in [-0.3, -0.25) is 9.69 Å². The summed E-state index contributed by atoms with van der Waals surface area (Å²) in [7, 11) is -3.46. The van der Waals surface area contributed by atoms with Crippen molar-refractivity contribution in [2.75, 3.05) is 26.2 Å². The van der Waals surface area contributed by atoms with E-state index < -0.39 is 16.0 Å². The van der Waals surface area contributed by atoms with E-state index in [1.165, 1.54) is 10.5 Å². The van der Waals surface area contributed by atoms with Crippen LogP contribution >= 0.6 is 0 Å². The van der Waals surface area contributed by atoms with Gasteiger partial charge in [-0.15, -0.1) is 0 Å². The number of hydrogen-bond acceptors (Lipinski definition) is 5. The molecular formula is C16H24N3O4S+. The van der Waals surface area contributed by atoms with Crippen LogP contribution in [0.5, 0.6) is 0 Å². The van der Waals surface area contributed by atoms with E-state index in [0.29, 0.717) is 37.8 Å². The van der Waals surface area contributed by atoms with E-state index >= 15 is 0 Å². The van der Waals surface area contributed by atoms with Gasteiger partial charge in [0, 0.05) is 38.4 Å². The number of carboxylic acids is 1. The predicted molar refractivity (Wildman–Crippen MR) is 90.9 cm³/mol. The zero-order chi connectivity index (χ0) is 17.2. The number of sulfonamides is 1. The van der Waals surface area contributed by atoms with Gasteiger partial charge in [-0.1, -0.05) is 12.8 Å². The molecule has 2 aliphatic heterocycles. The van der Waals surface area contributed by atoms with Gasteiger partial charge in [-0.05, 0) is 18.9 Å². The number of carbonyl (C=O) groups is 1. The SMILES string of the molecule is O=C(O)[C@@H]1CCCC[C@H]1N1CCN(S(=O)(=O)[C+]2C=NC=CC2)CC1. The quantitative estimate of drug-likeness (QED) is 0.764.